The van der Waals surface area contributed by atoms with Crippen LogP contribution >= 0.6 is 0 Å². The van der Waals surface area contributed by atoms with Crippen LogP contribution in [0.25, 0.3) is 0 Å². The second kappa shape index (κ2) is 10.7. The normalized spacial score (nSPS) is 8.76. The van der Waals surface area contributed by atoms with E-state index in [0.29, 0.717) is 12.2 Å². The summed E-state index contributed by atoms with van der Waals surface area (Å²) in [7, 11) is 0. The predicted octanol–water partition coefficient (Wildman–Crippen LogP) is 2.30. The second-order valence-corrected chi connectivity index (χ2v) is 3.14. The van der Waals surface area contributed by atoms with Gasteiger partial charge in [0.1, 0.15) is 0 Å². The van der Waals surface area contributed by atoms with Gasteiger partial charge in [-0.15, -0.1) is 0 Å². The van der Waals surface area contributed by atoms with Crippen molar-refractivity contribution in [3.05, 3.63) is 48.7 Å². The highest BCUT2D eigenvalue weighted by molar-refractivity contribution is 5.87. The Morgan fingerprint density at radius 3 is 2.35 bits per heavy atom. The van der Waals surface area contributed by atoms with Crippen molar-refractivity contribution in [2.24, 2.45) is 0 Å². The van der Waals surface area contributed by atoms with Gasteiger partial charge in [0.2, 0.25) is 0 Å². The van der Waals surface area contributed by atoms with Crippen LogP contribution in [0.15, 0.2) is 43.2 Å². The SMILES string of the molecule is C=COCCCCO.O=C(O)c1ccccc1. The molecule has 17 heavy (non-hydrogen) atoms. The Morgan fingerprint density at radius 2 is 1.94 bits per heavy atom. The number of hydrogen-bond donors (Lipinski definition) is 2. The predicted molar refractivity (Wildman–Crippen MR) is 65.9 cm³/mol. The van der Waals surface area contributed by atoms with E-state index in [1.165, 1.54) is 6.26 Å². The quantitative estimate of drug-likeness (QED) is 0.589. The molecule has 0 bridgehead atoms. The van der Waals surface area contributed by atoms with Gasteiger partial charge in [-0.3, -0.25) is 0 Å². The molecule has 0 aromatic heterocycles. The molecule has 0 saturated carbocycles. The topological polar surface area (TPSA) is 66.8 Å². The summed E-state index contributed by atoms with van der Waals surface area (Å²) in [4.78, 5) is 10.2. The van der Waals surface area contributed by atoms with Crippen molar-refractivity contribution in [3.63, 3.8) is 0 Å². The lowest BCUT2D eigenvalue weighted by atomic mass is 10.2. The zero-order chi connectivity index (χ0) is 12.9. The first kappa shape index (κ1) is 15.2. The zero-order valence-corrected chi connectivity index (χ0v) is 9.71. The third-order valence-electron chi connectivity index (χ3n) is 1.81. The first-order chi connectivity index (χ1) is 8.22. The summed E-state index contributed by atoms with van der Waals surface area (Å²) in [5, 5.41) is 16.7. The molecule has 1 rings (SSSR count). The molecule has 4 heteroatoms. The molecular weight excluding hydrogens is 220 g/mol. The van der Waals surface area contributed by atoms with Crippen LogP contribution in [-0.4, -0.2) is 29.4 Å². The van der Waals surface area contributed by atoms with Crippen molar-refractivity contribution in [2.75, 3.05) is 13.2 Å². The molecular formula is C13H18O4. The van der Waals surface area contributed by atoms with Gasteiger partial charge in [-0.05, 0) is 25.0 Å². The summed E-state index contributed by atoms with van der Waals surface area (Å²) in [5.74, 6) is -0.879. The Kier molecular flexibility index (Phi) is 9.56. The van der Waals surface area contributed by atoms with Crippen molar-refractivity contribution in [1.82, 2.24) is 0 Å². The van der Waals surface area contributed by atoms with E-state index in [2.05, 4.69) is 6.58 Å². The Balaban J connectivity index is 0.000000304. The highest BCUT2D eigenvalue weighted by Gasteiger charge is 1.96. The molecule has 0 aliphatic rings. The number of aliphatic hydroxyl groups excluding tert-OH is 1. The molecule has 0 atom stereocenters. The molecule has 1 aromatic carbocycles. The fourth-order valence-electron chi connectivity index (χ4n) is 0.961. The Hall–Kier alpha value is -1.81. The molecule has 0 unspecified atom stereocenters. The summed E-state index contributed by atoms with van der Waals surface area (Å²) in [6, 6.07) is 8.30. The number of benzene rings is 1. The highest BCUT2D eigenvalue weighted by Crippen LogP contribution is 1.96. The van der Waals surface area contributed by atoms with E-state index in [9.17, 15) is 4.79 Å². The number of rotatable bonds is 6. The number of hydrogen-bond acceptors (Lipinski definition) is 3. The van der Waals surface area contributed by atoms with E-state index in [4.69, 9.17) is 14.9 Å². The molecule has 0 spiro atoms. The van der Waals surface area contributed by atoms with Crippen LogP contribution in [0.4, 0.5) is 0 Å². The van der Waals surface area contributed by atoms with Gasteiger partial charge in [0.15, 0.2) is 0 Å². The Morgan fingerprint density at radius 1 is 1.29 bits per heavy atom. The summed E-state index contributed by atoms with van der Waals surface area (Å²) < 4.78 is 4.79. The fourth-order valence-corrected chi connectivity index (χ4v) is 0.961. The number of ether oxygens (including phenoxy) is 1. The van der Waals surface area contributed by atoms with Crippen LogP contribution in [0.3, 0.4) is 0 Å². The van der Waals surface area contributed by atoms with E-state index < -0.39 is 5.97 Å². The lowest BCUT2D eigenvalue weighted by Crippen LogP contribution is -1.93. The molecule has 0 saturated heterocycles. The molecule has 0 aliphatic heterocycles. The van der Waals surface area contributed by atoms with E-state index in [-0.39, 0.29) is 6.61 Å². The summed E-state index contributed by atoms with van der Waals surface area (Å²) in [5.41, 5.74) is 0.331. The number of aromatic carboxylic acids is 1. The molecule has 94 valence electrons. The molecule has 0 amide bonds. The molecule has 0 heterocycles. The van der Waals surface area contributed by atoms with Crippen LogP contribution in [-0.2, 0) is 4.74 Å². The minimum absolute atomic E-state index is 0.250. The third-order valence-corrected chi connectivity index (χ3v) is 1.81. The minimum Gasteiger partial charge on any atom is -0.502 e. The number of carboxylic acid groups (broad SMARTS) is 1. The van der Waals surface area contributed by atoms with Crippen LogP contribution in [0, 0.1) is 0 Å². The van der Waals surface area contributed by atoms with Crippen molar-refractivity contribution >= 4 is 5.97 Å². The van der Waals surface area contributed by atoms with Gasteiger partial charge >= 0.3 is 5.97 Å². The summed E-state index contributed by atoms with van der Waals surface area (Å²) in [6.07, 6.45) is 3.13. The van der Waals surface area contributed by atoms with Crippen LogP contribution in [0.1, 0.15) is 23.2 Å². The van der Waals surface area contributed by atoms with Crippen LogP contribution in [0.2, 0.25) is 0 Å². The average molecular weight is 238 g/mol. The maximum Gasteiger partial charge on any atom is 0.335 e. The van der Waals surface area contributed by atoms with E-state index in [0.717, 1.165) is 12.8 Å². The molecule has 0 fully saturated rings. The highest BCUT2D eigenvalue weighted by atomic mass is 16.5. The Bertz CT molecular complexity index is 308. The van der Waals surface area contributed by atoms with Gasteiger partial charge in [0, 0.05) is 6.61 Å². The van der Waals surface area contributed by atoms with Gasteiger partial charge in [-0.25, -0.2) is 4.79 Å². The third kappa shape index (κ3) is 9.14. The molecule has 0 radical (unpaired) electrons. The molecule has 4 nitrogen and oxygen atoms in total. The van der Waals surface area contributed by atoms with Crippen molar-refractivity contribution < 1.29 is 19.7 Å². The lowest BCUT2D eigenvalue weighted by molar-refractivity contribution is 0.0697. The molecule has 0 aliphatic carbocycles. The monoisotopic (exact) mass is 238 g/mol. The van der Waals surface area contributed by atoms with Crippen molar-refractivity contribution in [3.8, 4) is 0 Å². The van der Waals surface area contributed by atoms with Gasteiger partial charge in [0.05, 0.1) is 18.4 Å². The number of unbranched alkanes of at least 4 members (excludes halogenated alkanes) is 1. The summed E-state index contributed by atoms with van der Waals surface area (Å²) in [6.45, 7) is 4.29. The van der Waals surface area contributed by atoms with Crippen molar-refractivity contribution in [1.29, 1.82) is 0 Å². The maximum absolute atomic E-state index is 10.2. The van der Waals surface area contributed by atoms with Crippen LogP contribution < -0.4 is 0 Å². The fraction of sp³-hybridized carbons (Fsp3) is 0.308. The first-order valence-corrected chi connectivity index (χ1v) is 5.34. The maximum atomic E-state index is 10.2. The first-order valence-electron chi connectivity index (χ1n) is 5.34. The van der Waals surface area contributed by atoms with Gasteiger partial charge in [0.25, 0.3) is 0 Å². The van der Waals surface area contributed by atoms with Crippen LogP contribution in [0.5, 0.6) is 0 Å². The number of carboxylic acids is 1. The molecule has 2 N–H and O–H groups in total. The smallest absolute Gasteiger partial charge is 0.335 e. The van der Waals surface area contributed by atoms with E-state index >= 15 is 0 Å². The van der Waals surface area contributed by atoms with Gasteiger partial charge in [-0.2, -0.15) is 0 Å². The van der Waals surface area contributed by atoms with E-state index in [1.807, 2.05) is 0 Å². The minimum atomic E-state index is -0.879. The largest absolute Gasteiger partial charge is 0.502 e. The van der Waals surface area contributed by atoms with Gasteiger partial charge < -0.3 is 14.9 Å². The van der Waals surface area contributed by atoms with Gasteiger partial charge in [-0.1, -0.05) is 24.8 Å². The summed E-state index contributed by atoms with van der Waals surface area (Å²) >= 11 is 0. The standard InChI is InChI=1S/C7H6O2.C6H12O2/c8-7(9)6-4-2-1-3-5-6;1-2-8-6-4-3-5-7/h1-5H,(H,8,9);2,7H,1,3-6H2. The Labute approximate surface area is 101 Å². The zero-order valence-electron chi connectivity index (χ0n) is 9.71. The number of carbonyl (C=O) groups is 1. The molecule has 1 aromatic rings. The lowest BCUT2D eigenvalue weighted by Gasteiger charge is -1.95. The average Bonchev–Trinajstić information content (AvgIpc) is 2.37. The van der Waals surface area contributed by atoms with Crippen molar-refractivity contribution in [2.45, 2.75) is 12.8 Å². The number of aliphatic hydroxyl groups is 1. The second-order valence-electron chi connectivity index (χ2n) is 3.14. The van der Waals surface area contributed by atoms with E-state index in [1.54, 1.807) is 30.3 Å².